The fourth-order valence-corrected chi connectivity index (χ4v) is 6.45. The van der Waals surface area contributed by atoms with Crippen LogP contribution in [0.15, 0.2) is 30.3 Å². The van der Waals surface area contributed by atoms with E-state index in [0.717, 1.165) is 0 Å². The lowest BCUT2D eigenvalue weighted by Gasteiger charge is -2.45. The van der Waals surface area contributed by atoms with Gasteiger partial charge < -0.3 is 0 Å². The van der Waals surface area contributed by atoms with Crippen LogP contribution in [0.5, 0.6) is 0 Å². The zero-order valence-corrected chi connectivity index (χ0v) is 12.2. The van der Waals surface area contributed by atoms with Crippen molar-refractivity contribution < 1.29 is 0 Å². The van der Waals surface area contributed by atoms with Crippen LogP contribution < -0.4 is 0 Å². The molecule has 1 aliphatic rings. The molecule has 16 heavy (non-hydrogen) atoms. The maximum absolute atomic E-state index is 2.48. The summed E-state index contributed by atoms with van der Waals surface area (Å²) < 4.78 is 0. The van der Waals surface area contributed by atoms with Crippen LogP contribution in [0.2, 0.25) is 13.1 Å². The second-order valence-corrected chi connectivity index (χ2v) is 9.41. The van der Waals surface area contributed by atoms with E-state index in [9.17, 15) is 0 Å². The van der Waals surface area contributed by atoms with Crippen molar-refractivity contribution in [2.24, 2.45) is 5.41 Å². The minimum Gasteiger partial charge on any atom is -0.0759 e. The van der Waals surface area contributed by atoms with E-state index in [-0.39, 0.29) is 0 Å². The van der Waals surface area contributed by atoms with E-state index < -0.39 is 8.80 Å². The van der Waals surface area contributed by atoms with E-state index in [0.29, 0.717) is 10.5 Å². The number of hydrogen-bond donors (Lipinski definition) is 0. The molecule has 0 amide bonds. The summed E-state index contributed by atoms with van der Waals surface area (Å²) >= 11 is 0. The van der Waals surface area contributed by atoms with Gasteiger partial charge >= 0.3 is 0 Å². The minimum absolute atomic E-state index is 0.316. The van der Waals surface area contributed by atoms with Crippen molar-refractivity contribution >= 4 is 14.9 Å². The summed E-state index contributed by atoms with van der Waals surface area (Å²) in [6, 6.07) is 8.90. The molecule has 0 aliphatic heterocycles. The molecular weight excluding hydrogens is 208 g/mol. The van der Waals surface area contributed by atoms with Gasteiger partial charge in [0, 0.05) is 13.8 Å². The summed E-state index contributed by atoms with van der Waals surface area (Å²) in [6.07, 6.45) is 4.81. The van der Waals surface area contributed by atoms with E-state index in [1.165, 1.54) is 5.56 Å². The second-order valence-electron chi connectivity index (χ2n) is 6.19. The molecule has 1 aromatic carbocycles. The molecule has 1 aliphatic carbocycles. The van der Waals surface area contributed by atoms with Gasteiger partial charge in [-0.1, -0.05) is 70.3 Å². The molecule has 0 saturated heterocycles. The Hall–Kier alpha value is -0.823. The average Bonchev–Trinajstić information content (AvgIpc) is 2.56. The van der Waals surface area contributed by atoms with Gasteiger partial charge in [0.25, 0.3) is 0 Å². The Morgan fingerprint density at radius 2 is 1.69 bits per heavy atom. The molecule has 1 heteroatoms. The molecule has 0 bridgehead atoms. The van der Waals surface area contributed by atoms with Gasteiger partial charge in [0.1, 0.15) is 0 Å². The number of fused-ring (bicyclic) bond motifs is 1. The summed E-state index contributed by atoms with van der Waals surface area (Å²) in [5.41, 5.74) is 3.30. The Morgan fingerprint density at radius 3 is 2.25 bits per heavy atom. The van der Waals surface area contributed by atoms with Crippen molar-refractivity contribution in [1.29, 1.82) is 0 Å². The van der Waals surface area contributed by atoms with Gasteiger partial charge in [-0.3, -0.25) is 0 Å². The Balaban J connectivity index is 2.66. The van der Waals surface area contributed by atoms with Crippen LogP contribution in [0.4, 0.5) is 0 Å². The zero-order valence-electron chi connectivity index (χ0n) is 11.0. The first-order valence-corrected chi connectivity index (χ1v) is 9.07. The lowest BCUT2D eigenvalue weighted by molar-refractivity contribution is 0.321. The second kappa shape index (κ2) is 3.59. The normalized spacial score (nSPS) is 23.9. The Morgan fingerprint density at radius 1 is 1.06 bits per heavy atom. The van der Waals surface area contributed by atoms with Crippen LogP contribution >= 0.6 is 0 Å². The van der Waals surface area contributed by atoms with Gasteiger partial charge in [0.15, 0.2) is 0 Å². The summed E-state index contributed by atoms with van der Waals surface area (Å²) in [6.45, 7) is 12.1. The predicted octanol–water partition coefficient (Wildman–Crippen LogP) is 4.02. The van der Waals surface area contributed by atoms with E-state index in [1.807, 2.05) is 0 Å². The number of benzene rings is 1. The first kappa shape index (κ1) is 11.7. The minimum atomic E-state index is -0.808. The van der Waals surface area contributed by atoms with Crippen molar-refractivity contribution in [1.82, 2.24) is 0 Å². The molecule has 2 rings (SSSR count). The third kappa shape index (κ3) is 1.41. The van der Waals surface area contributed by atoms with Crippen LogP contribution in [0.1, 0.15) is 31.9 Å². The molecule has 0 saturated carbocycles. The van der Waals surface area contributed by atoms with Gasteiger partial charge in [-0.15, -0.1) is 0 Å². The summed E-state index contributed by atoms with van der Waals surface area (Å²) in [5.74, 6) is 0. The van der Waals surface area contributed by atoms with Crippen LogP contribution in [-0.2, 0) is 5.04 Å². The molecule has 0 fully saturated rings. The highest BCUT2D eigenvalue weighted by molar-refractivity contribution is 6.60. The molecule has 1 atom stereocenters. The zero-order chi connectivity index (χ0) is 12.0. The number of rotatable bonds is 1. The third-order valence-corrected chi connectivity index (χ3v) is 7.27. The molecule has 0 N–H and O–H groups in total. The molecule has 0 heterocycles. The predicted molar refractivity (Wildman–Crippen MR) is 75.5 cm³/mol. The van der Waals surface area contributed by atoms with E-state index in [1.54, 1.807) is 5.56 Å². The molecular formula is C15H22Si. The Kier molecular flexibility index (Phi) is 2.62. The maximum atomic E-state index is 2.48. The highest BCUT2D eigenvalue weighted by atomic mass is 28.3. The summed E-state index contributed by atoms with van der Waals surface area (Å²) in [4.78, 5) is 0. The van der Waals surface area contributed by atoms with Crippen molar-refractivity contribution in [2.45, 2.75) is 38.9 Å². The Bertz CT molecular complexity index is 423. The van der Waals surface area contributed by atoms with Gasteiger partial charge in [-0.05, 0) is 16.5 Å². The van der Waals surface area contributed by atoms with Crippen LogP contribution in [0.3, 0.4) is 0 Å². The summed E-state index contributed by atoms with van der Waals surface area (Å²) in [7, 11) is -0.808. The molecule has 1 unspecified atom stereocenters. The topological polar surface area (TPSA) is 0 Å². The van der Waals surface area contributed by atoms with Gasteiger partial charge in [-0.2, -0.15) is 0 Å². The monoisotopic (exact) mass is 230 g/mol. The van der Waals surface area contributed by atoms with Crippen LogP contribution in [0.25, 0.3) is 6.08 Å². The summed E-state index contributed by atoms with van der Waals surface area (Å²) in [5, 5.41) is 0.323. The van der Waals surface area contributed by atoms with E-state index >= 15 is 0 Å². The van der Waals surface area contributed by atoms with Crippen molar-refractivity contribution in [3.63, 3.8) is 0 Å². The van der Waals surface area contributed by atoms with Crippen molar-refractivity contribution in [3.05, 3.63) is 41.5 Å². The highest BCUT2D eigenvalue weighted by Gasteiger charge is 2.47. The van der Waals surface area contributed by atoms with Crippen molar-refractivity contribution in [2.75, 3.05) is 0 Å². The molecule has 86 valence electrons. The van der Waals surface area contributed by atoms with Gasteiger partial charge in [0.05, 0.1) is 0 Å². The van der Waals surface area contributed by atoms with Gasteiger partial charge in [-0.25, -0.2) is 0 Å². The maximum Gasteiger partial charge on any atom is 0.0482 e. The quantitative estimate of drug-likeness (QED) is 0.639. The van der Waals surface area contributed by atoms with E-state index in [4.69, 9.17) is 0 Å². The van der Waals surface area contributed by atoms with Gasteiger partial charge in [0.2, 0.25) is 0 Å². The van der Waals surface area contributed by atoms with Crippen molar-refractivity contribution in [3.8, 4) is 0 Å². The molecule has 0 radical (unpaired) electrons. The lowest BCUT2D eigenvalue weighted by Crippen LogP contribution is -2.47. The van der Waals surface area contributed by atoms with Crippen LogP contribution in [0, 0.1) is 5.41 Å². The molecule has 0 nitrogen and oxygen atoms in total. The third-order valence-electron chi connectivity index (χ3n) is 4.08. The fourth-order valence-electron chi connectivity index (χ4n) is 3.35. The highest BCUT2D eigenvalue weighted by Crippen LogP contribution is 2.49. The number of hydrogen-bond acceptors (Lipinski definition) is 0. The largest absolute Gasteiger partial charge is 0.0759 e. The standard InChI is InChI=1S/C15H22Si/c1-14(2,3)15(16(4)5)11-10-12-8-6-7-9-13(12)15/h6-11,16H,1-5H3. The van der Waals surface area contributed by atoms with E-state index in [2.05, 4.69) is 70.3 Å². The fraction of sp³-hybridized carbons (Fsp3) is 0.467. The SMILES string of the molecule is C[SiH](C)C1(C(C)(C)C)C=Cc2ccccc21. The lowest BCUT2D eigenvalue weighted by atomic mass is 9.76. The first-order valence-electron chi connectivity index (χ1n) is 6.18. The average molecular weight is 230 g/mol. The first-order chi connectivity index (χ1) is 7.39. The Labute approximate surface area is 101 Å². The molecule has 0 aromatic heterocycles. The molecule has 1 aromatic rings. The molecule has 0 spiro atoms. The number of allylic oxidation sites excluding steroid dienone is 1. The van der Waals surface area contributed by atoms with Crippen LogP contribution in [-0.4, -0.2) is 8.80 Å². The smallest absolute Gasteiger partial charge is 0.0482 e.